The van der Waals surface area contributed by atoms with Crippen LogP contribution in [0.5, 0.6) is 5.75 Å². The van der Waals surface area contributed by atoms with E-state index in [9.17, 15) is 9.50 Å². The number of methoxy groups -OCH3 is 1. The van der Waals surface area contributed by atoms with Crippen LogP contribution in [0.3, 0.4) is 0 Å². The first kappa shape index (κ1) is 12.9. The third kappa shape index (κ3) is 3.47. The molecule has 0 aliphatic heterocycles. The molecule has 0 spiro atoms. The Balaban J connectivity index is 2.72. The fourth-order valence-electron chi connectivity index (χ4n) is 1.39. The fraction of sp³-hybridized carbons (Fsp3) is 0.500. The molecule has 1 atom stereocenters. The lowest BCUT2D eigenvalue weighted by atomic mass is 10.1. The second-order valence-corrected chi connectivity index (χ2v) is 3.48. The predicted molar refractivity (Wildman–Crippen MR) is 59.0 cm³/mol. The van der Waals surface area contributed by atoms with Gasteiger partial charge < -0.3 is 14.6 Å². The molecule has 0 aliphatic carbocycles. The van der Waals surface area contributed by atoms with Gasteiger partial charge in [-0.2, -0.15) is 0 Å². The van der Waals surface area contributed by atoms with E-state index in [1.54, 1.807) is 0 Å². The summed E-state index contributed by atoms with van der Waals surface area (Å²) in [5.74, 6) is 0.0688. The molecule has 4 heteroatoms. The SMILES string of the molecule is CCCOCC(O)c1cc(F)ccc1OC. The zero-order valence-corrected chi connectivity index (χ0v) is 9.57. The number of aliphatic hydroxyl groups is 1. The van der Waals surface area contributed by atoms with Crippen molar-refractivity contribution in [2.75, 3.05) is 20.3 Å². The Morgan fingerprint density at radius 1 is 1.44 bits per heavy atom. The molecule has 0 radical (unpaired) electrons. The summed E-state index contributed by atoms with van der Waals surface area (Å²) < 4.78 is 23.3. The quantitative estimate of drug-likeness (QED) is 0.759. The molecule has 1 rings (SSSR count). The highest BCUT2D eigenvalue weighted by atomic mass is 19.1. The number of benzene rings is 1. The Hall–Kier alpha value is -1.13. The molecular formula is C12H17FO3. The molecule has 1 aromatic rings. The van der Waals surface area contributed by atoms with E-state index in [-0.39, 0.29) is 6.61 Å². The van der Waals surface area contributed by atoms with Gasteiger partial charge in [0, 0.05) is 12.2 Å². The standard InChI is InChI=1S/C12H17FO3/c1-3-6-16-8-11(14)10-7-9(13)4-5-12(10)15-2/h4-5,7,11,14H,3,6,8H2,1-2H3. The largest absolute Gasteiger partial charge is 0.496 e. The van der Waals surface area contributed by atoms with Crippen molar-refractivity contribution in [3.05, 3.63) is 29.6 Å². The van der Waals surface area contributed by atoms with Crippen molar-refractivity contribution < 1.29 is 19.0 Å². The Bertz CT molecular complexity index is 328. The minimum Gasteiger partial charge on any atom is -0.496 e. The molecule has 0 aliphatic rings. The third-order valence-electron chi connectivity index (χ3n) is 2.17. The molecule has 0 saturated carbocycles. The predicted octanol–water partition coefficient (Wildman–Crippen LogP) is 2.29. The molecule has 90 valence electrons. The first-order chi connectivity index (χ1) is 7.69. The Labute approximate surface area is 94.8 Å². The normalized spacial score (nSPS) is 12.5. The first-order valence-electron chi connectivity index (χ1n) is 5.28. The van der Waals surface area contributed by atoms with E-state index >= 15 is 0 Å². The lowest BCUT2D eigenvalue weighted by molar-refractivity contribution is 0.0350. The molecule has 0 heterocycles. The molecule has 16 heavy (non-hydrogen) atoms. The van der Waals surface area contributed by atoms with Crippen LogP contribution in [-0.2, 0) is 4.74 Å². The zero-order chi connectivity index (χ0) is 12.0. The van der Waals surface area contributed by atoms with Crippen molar-refractivity contribution in [3.8, 4) is 5.75 Å². The lowest BCUT2D eigenvalue weighted by Gasteiger charge is -2.14. The molecule has 3 nitrogen and oxygen atoms in total. The van der Waals surface area contributed by atoms with Crippen LogP contribution < -0.4 is 4.74 Å². The number of hydrogen-bond acceptors (Lipinski definition) is 3. The summed E-state index contributed by atoms with van der Waals surface area (Å²) in [6.45, 7) is 2.71. The average Bonchev–Trinajstić information content (AvgIpc) is 2.29. The molecule has 1 unspecified atom stereocenters. The van der Waals surface area contributed by atoms with Crippen LogP contribution in [0, 0.1) is 5.82 Å². The van der Waals surface area contributed by atoms with Crippen molar-refractivity contribution in [1.29, 1.82) is 0 Å². The average molecular weight is 228 g/mol. The Kier molecular flexibility index (Phi) is 5.22. The summed E-state index contributed by atoms with van der Waals surface area (Å²) in [7, 11) is 1.48. The molecule has 0 saturated heterocycles. The van der Waals surface area contributed by atoms with E-state index in [1.807, 2.05) is 6.92 Å². The van der Waals surface area contributed by atoms with Crippen LogP contribution in [-0.4, -0.2) is 25.4 Å². The van der Waals surface area contributed by atoms with E-state index in [2.05, 4.69) is 0 Å². The van der Waals surface area contributed by atoms with Gasteiger partial charge in [-0.15, -0.1) is 0 Å². The van der Waals surface area contributed by atoms with Crippen molar-refractivity contribution >= 4 is 0 Å². The van der Waals surface area contributed by atoms with Crippen molar-refractivity contribution in [1.82, 2.24) is 0 Å². The number of rotatable bonds is 6. The highest BCUT2D eigenvalue weighted by molar-refractivity contribution is 5.35. The fourth-order valence-corrected chi connectivity index (χ4v) is 1.39. The van der Waals surface area contributed by atoms with E-state index in [4.69, 9.17) is 9.47 Å². The van der Waals surface area contributed by atoms with Crippen LogP contribution in [0.25, 0.3) is 0 Å². The summed E-state index contributed by atoms with van der Waals surface area (Å²) in [6, 6.07) is 4.05. The maximum absolute atomic E-state index is 13.0. The maximum Gasteiger partial charge on any atom is 0.124 e. The summed E-state index contributed by atoms with van der Waals surface area (Å²) in [5, 5.41) is 9.81. The number of hydrogen-bond donors (Lipinski definition) is 1. The zero-order valence-electron chi connectivity index (χ0n) is 9.57. The molecular weight excluding hydrogens is 211 g/mol. The minimum atomic E-state index is -0.864. The van der Waals surface area contributed by atoms with Crippen LogP contribution in [0.4, 0.5) is 4.39 Å². The van der Waals surface area contributed by atoms with Crippen molar-refractivity contribution in [2.24, 2.45) is 0 Å². The minimum absolute atomic E-state index is 0.146. The van der Waals surface area contributed by atoms with Crippen molar-refractivity contribution in [2.45, 2.75) is 19.4 Å². The van der Waals surface area contributed by atoms with Crippen LogP contribution in [0.1, 0.15) is 25.0 Å². The van der Waals surface area contributed by atoms with Gasteiger partial charge in [-0.1, -0.05) is 6.92 Å². The monoisotopic (exact) mass is 228 g/mol. The topological polar surface area (TPSA) is 38.7 Å². The van der Waals surface area contributed by atoms with Gasteiger partial charge in [0.05, 0.1) is 13.7 Å². The van der Waals surface area contributed by atoms with E-state index in [0.717, 1.165) is 6.42 Å². The van der Waals surface area contributed by atoms with Gasteiger partial charge in [0.2, 0.25) is 0 Å². The van der Waals surface area contributed by atoms with E-state index in [0.29, 0.717) is 17.9 Å². The number of aliphatic hydroxyl groups excluding tert-OH is 1. The van der Waals surface area contributed by atoms with Crippen LogP contribution in [0.15, 0.2) is 18.2 Å². The maximum atomic E-state index is 13.0. The van der Waals surface area contributed by atoms with Gasteiger partial charge in [-0.3, -0.25) is 0 Å². The molecule has 0 bridgehead atoms. The third-order valence-corrected chi connectivity index (χ3v) is 2.17. The second-order valence-electron chi connectivity index (χ2n) is 3.48. The summed E-state index contributed by atoms with van der Waals surface area (Å²) >= 11 is 0. The molecule has 0 amide bonds. The van der Waals surface area contributed by atoms with E-state index < -0.39 is 11.9 Å². The highest BCUT2D eigenvalue weighted by Gasteiger charge is 2.14. The van der Waals surface area contributed by atoms with Gasteiger partial charge in [-0.25, -0.2) is 4.39 Å². The van der Waals surface area contributed by atoms with Gasteiger partial charge in [-0.05, 0) is 24.6 Å². The van der Waals surface area contributed by atoms with Gasteiger partial charge in [0.15, 0.2) is 0 Å². The molecule has 1 N–H and O–H groups in total. The van der Waals surface area contributed by atoms with Crippen LogP contribution >= 0.6 is 0 Å². The molecule has 0 aromatic heterocycles. The van der Waals surface area contributed by atoms with Crippen LogP contribution in [0.2, 0.25) is 0 Å². The summed E-state index contributed by atoms with van der Waals surface area (Å²) in [6.07, 6.45) is 0.0182. The Morgan fingerprint density at radius 2 is 2.19 bits per heavy atom. The van der Waals surface area contributed by atoms with Gasteiger partial charge in [0.25, 0.3) is 0 Å². The molecule has 0 fully saturated rings. The van der Waals surface area contributed by atoms with E-state index in [1.165, 1.54) is 25.3 Å². The Morgan fingerprint density at radius 3 is 2.81 bits per heavy atom. The van der Waals surface area contributed by atoms with Gasteiger partial charge in [0.1, 0.15) is 17.7 Å². The summed E-state index contributed by atoms with van der Waals surface area (Å²) in [4.78, 5) is 0. The van der Waals surface area contributed by atoms with Gasteiger partial charge >= 0.3 is 0 Å². The first-order valence-corrected chi connectivity index (χ1v) is 5.28. The second kappa shape index (κ2) is 6.45. The lowest BCUT2D eigenvalue weighted by Crippen LogP contribution is -2.09. The summed E-state index contributed by atoms with van der Waals surface area (Å²) in [5.41, 5.74) is 0.415. The smallest absolute Gasteiger partial charge is 0.124 e. The molecule has 1 aromatic carbocycles. The highest BCUT2D eigenvalue weighted by Crippen LogP contribution is 2.26. The number of ether oxygens (including phenoxy) is 2. The van der Waals surface area contributed by atoms with Crippen molar-refractivity contribution in [3.63, 3.8) is 0 Å². The number of halogens is 1.